The second-order valence-corrected chi connectivity index (χ2v) is 5.12. The maximum Gasteiger partial charge on any atom is 0.238 e. The third kappa shape index (κ3) is 2.00. The summed E-state index contributed by atoms with van der Waals surface area (Å²) in [6.45, 7) is 1.96. The summed E-state index contributed by atoms with van der Waals surface area (Å²) in [6.07, 6.45) is 0. The van der Waals surface area contributed by atoms with Gasteiger partial charge in [0.05, 0.1) is 4.90 Å². The molecule has 0 spiro atoms. The molecule has 2 rings (SSSR count). The highest BCUT2D eigenvalue weighted by Crippen LogP contribution is 2.19. The van der Waals surface area contributed by atoms with Crippen LogP contribution in [0.15, 0.2) is 41.3 Å². The lowest BCUT2D eigenvalue weighted by Gasteiger charge is -2.02. The third-order valence-electron chi connectivity index (χ3n) is 2.30. The first-order chi connectivity index (χ1) is 6.97. The average molecular weight is 221 g/mol. The lowest BCUT2D eigenvalue weighted by Crippen LogP contribution is -2.11. The topological polar surface area (TPSA) is 60.2 Å². The number of benzene rings is 2. The van der Waals surface area contributed by atoms with Crippen LogP contribution in [0.1, 0.15) is 5.56 Å². The molecule has 0 saturated carbocycles. The summed E-state index contributed by atoms with van der Waals surface area (Å²) in [5.74, 6) is 0. The monoisotopic (exact) mass is 221 g/mol. The summed E-state index contributed by atoms with van der Waals surface area (Å²) >= 11 is 0. The van der Waals surface area contributed by atoms with Crippen LogP contribution in [0.5, 0.6) is 0 Å². The minimum atomic E-state index is -3.61. The van der Waals surface area contributed by atoms with Crippen LogP contribution in [0.2, 0.25) is 0 Å². The van der Waals surface area contributed by atoms with Crippen LogP contribution < -0.4 is 5.14 Å². The summed E-state index contributed by atoms with van der Waals surface area (Å²) in [4.78, 5) is 0.153. The van der Waals surface area contributed by atoms with Crippen LogP contribution in [-0.4, -0.2) is 8.42 Å². The number of sulfonamides is 1. The summed E-state index contributed by atoms with van der Waals surface area (Å²) in [5, 5.41) is 6.96. The SMILES string of the molecule is Cc1ccc2ccc(S(N)(=O)=O)cc2c1. The lowest BCUT2D eigenvalue weighted by atomic mass is 10.1. The van der Waals surface area contributed by atoms with Gasteiger partial charge in [-0.1, -0.05) is 29.8 Å². The molecule has 0 atom stereocenters. The smallest absolute Gasteiger partial charge is 0.225 e. The minimum absolute atomic E-state index is 0.153. The van der Waals surface area contributed by atoms with Crippen LogP contribution in [-0.2, 0) is 10.0 Å². The number of hydrogen-bond donors (Lipinski definition) is 1. The van der Waals surface area contributed by atoms with Crippen LogP contribution in [0.3, 0.4) is 0 Å². The number of hydrogen-bond acceptors (Lipinski definition) is 2. The molecular formula is C11H11NO2S. The number of primary sulfonamides is 1. The Morgan fingerprint density at radius 1 is 1.00 bits per heavy atom. The molecule has 0 bridgehead atoms. The van der Waals surface area contributed by atoms with E-state index in [9.17, 15) is 8.42 Å². The molecule has 2 aromatic carbocycles. The summed E-state index contributed by atoms with van der Waals surface area (Å²) in [6, 6.07) is 10.7. The largest absolute Gasteiger partial charge is 0.238 e. The fraction of sp³-hybridized carbons (Fsp3) is 0.0909. The van der Waals surface area contributed by atoms with E-state index in [1.807, 2.05) is 25.1 Å². The van der Waals surface area contributed by atoms with Crippen molar-refractivity contribution in [3.63, 3.8) is 0 Å². The molecule has 0 saturated heterocycles. The number of aryl methyl sites for hydroxylation is 1. The van der Waals surface area contributed by atoms with Crippen LogP contribution in [0, 0.1) is 6.92 Å². The van der Waals surface area contributed by atoms with Gasteiger partial charge in [0.1, 0.15) is 0 Å². The van der Waals surface area contributed by atoms with Gasteiger partial charge in [0.25, 0.3) is 0 Å². The molecular weight excluding hydrogens is 210 g/mol. The molecule has 0 aliphatic carbocycles. The molecule has 2 aromatic rings. The van der Waals surface area contributed by atoms with Crippen LogP contribution >= 0.6 is 0 Å². The molecule has 0 unspecified atom stereocenters. The average Bonchev–Trinajstić information content (AvgIpc) is 2.15. The molecule has 0 aromatic heterocycles. The van der Waals surface area contributed by atoms with Gasteiger partial charge in [-0.2, -0.15) is 0 Å². The Balaban J connectivity index is 2.75. The van der Waals surface area contributed by atoms with Gasteiger partial charge in [-0.05, 0) is 29.8 Å². The lowest BCUT2D eigenvalue weighted by molar-refractivity contribution is 0.598. The molecule has 0 aliphatic heterocycles. The van der Waals surface area contributed by atoms with Crippen LogP contribution in [0.25, 0.3) is 10.8 Å². The minimum Gasteiger partial charge on any atom is -0.225 e. The second-order valence-electron chi connectivity index (χ2n) is 3.56. The molecule has 0 heterocycles. The molecule has 2 N–H and O–H groups in total. The molecule has 3 nitrogen and oxygen atoms in total. The highest BCUT2D eigenvalue weighted by molar-refractivity contribution is 7.89. The van der Waals surface area contributed by atoms with Crippen molar-refractivity contribution in [2.45, 2.75) is 11.8 Å². The van der Waals surface area contributed by atoms with Gasteiger partial charge in [-0.25, -0.2) is 13.6 Å². The van der Waals surface area contributed by atoms with Gasteiger partial charge in [-0.15, -0.1) is 0 Å². The van der Waals surface area contributed by atoms with Crippen molar-refractivity contribution < 1.29 is 8.42 Å². The quantitative estimate of drug-likeness (QED) is 0.798. The standard InChI is InChI=1S/C11H11NO2S/c1-8-2-3-9-4-5-11(15(12,13)14)7-10(9)6-8/h2-7H,1H3,(H2,12,13,14). The molecule has 0 aliphatic rings. The molecule has 0 fully saturated rings. The molecule has 78 valence electrons. The zero-order chi connectivity index (χ0) is 11.1. The van der Waals surface area contributed by atoms with Crippen LogP contribution in [0.4, 0.5) is 0 Å². The van der Waals surface area contributed by atoms with Crippen molar-refractivity contribution in [1.82, 2.24) is 0 Å². The van der Waals surface area contributed by atoms with Crippen molar-refractivity contribution in [2.24, 2.45) is 5.14 Å². The predicted molar refractivity (Wildman–Crippen MR) is 60.1 cm³/mol. The highest BCUT2D eigenvalue weighted by atomic mass is 32.2. The highest BCUT2D eigenvalue weighted by Gasteiger charge is 2.07. The Morgan fingerprint density at radius 3 is 2.33 bits per heavy atom. The van der Waals surface area contributed by atoms with E-state index in [2.05, 4.69) is 0 Å². The normalized spacial score (nSPS) is 11.9. The van der Waals surface area contributed by atoms with Gasteiger partial charge < -0.3 is 0 Å². The Labute approximate surface area is 88.6 Å². The van der Waals surface area contributed by atoms with Gasteiger partial charge in [0.15, 0.2) is 0 Å². The Hall–Kier alpha value is -1.39. The number of rotatable bonds is 1. The maximum atomic E-state index is 11.1. The van der Waals surface area contributed by atoms with Gasteiger partial charge in [-0.3, -0.25) is 0 Å². The van der Waals surface area contributed by atoms with Gasteiger partial charge >= 0.3 is 0 Å². The Morgan fingerprint density at radius 2 is 1.67 bits per heavy atom. The van der Waals surface area contributed by atoms with Crippen molar-refractivity contribution >= 4 is 20.8 Å². The van der Waals surface area contributed by atoms with E-state index in [4.69, 9.17) is 5.14 Å². The first kappa shape index (κ1) is 10.1. The van der Waals surface area contributed by atoms with Crippen molar-refractivity contribution in [3.05, 3.63) is 42.0 Å². The summed E-state index contributed by atoms with van der Waals surface area (Å²) in [5.41, 5.74) is 1.09. The zero-order valence-electron chi connectivity index (χ0n) is 8.27. The number of nitrogens with two attached hydrogens (primary N) is 1. The first-order valence-electron chi connectivity index (χ1n) is 4.50. The van der Waals surface area contributed by atoms with Crippen molar-refractivity contribution in [1.29, 1.82) is 0 Å². The molecule has 15 heavy (non-hydrogen) atoms. The Kier molecular flexibility index (Phi) is 2.25. The van der Waals surface area contributed by atoms with Crippen molar-refractivity contribution in [2.75, 3.05) is 0 Å². The van der Waals surface area contributed by atoms with E-state index in [0.29, 0.717) is 0 Å². The maximum absolute atomic E-state index is 11.1. The van der Waals surface area contributed by atoms with E-state index in [0.717, 1.165) is 16.3 Å². The van der Waals surface area contributed by atoms with E-state index in [-0.39, 0.29) is 4.90 Å². The molecule has 0 amide bonds. The zero-order valence-corrected chi connectivity index (χ0v) is 9.08. The summed E-state index contributed by atoms with van der Waals surface area (Å²) in [7, 11) is -3.61. The van der Waals surface area contributed by atoms with E-state index < -0.39 is 10.0 Å². The van der Waals surface area contributed by atoms with E-state index in [1.54, 1.807) is 12.1 Å². The fourth-order valence-electron chi connectivity index (χ4n) is 1.52. The first-order valence-corrected chi connectivity index (χ1v) is 6.05. The molecule has 4 heteroatoms. The third-order valence-corrected chi connectivity index (χ3v) is 3.21. The van der Waals surface area contributed by atoms with Crippen molar-refractivity contribution in [3.8, 4) is 0 Å². The molecule has 0 radical (unpaired) electrons. The van der Waals surface area contributed by atoms with E-state index in [1.165, 1.54) is 6.07 Å². The predicted octanol–water partition coefficient (Wildman–Crippen LogP) is 1.80. The van der Waals surface area contributed by atoms with Gasteiger partial charge in [0, 0.05) is 0 Å². The van der Waals surface area contributed by atoms with Gasteiger partial charge in [0.2, 0.25) is 10.0 Å². The second kappa shape index (κ2) is 3.32. The number of fused-ring (bicyclic) bond motifs is 1. The fourth-order valence-corrected chi connectivity index (χ4v) is 2.07. The van der Waals surface area contributed by atoms with E-state index >= 15 is 0 Å². The Bertz CT molecular complexity index is 618. The summed E-state index contributed by atoms with van der Waals surface area (Å²) < 4.78 is 22.3.